The number of carbonyl (C=O) groups excluding carboxylic acids is 1. The van der Waals surface area contributed by atoms with Crippen molar-refractivity contribution in [1.82, 2.24) is 3.97 Å². The maximum atomic E-state index is 13.3. The Labute approximate surface area is 172 Å². The molecular formula is C22H16N2O5S. The van der Waals surface area contributed by atoms with Crippen molar-refractivity contribution in [3.8, 4) is 0 Å². The maximum absolute atomic E-state index is 13.3. The molecule has 0 fully saturated rings. The molecule has 0 spiro atoms. The second-order valence-corrected chi connectivity index (χ2v) is 8.48. The predicted molar refractivity (Wildman–Crippen MR) is 112 cm³/mol. The molecule has 1 heterocycles. The first-order chi connectivity index (χ1) is 14.3. The highest BCUT2D eigenvalue weighted by atomic mass is 32.2. The van der Waals surface area contributed by atoms with Crippen LogP contribution in [0.4, 0.5) is 5.69 Å². The van der Waals surface area contributed by atoms with Gasteiger partial charge in [0.25, 0.3) is 15.7 Å². The van der Waals surface area contributed by atoms with Crippen LogP contribution in [0.2, 0.25) is 0 Å². The fourth-order valence-electron chi connectivity index (χ4n) is 3.51. The van der Waals surface area contributed by atoms with Crippen molar-refractivity contribution in [1.29, 1.82) is 0 Å². The summed E-state index contributed by atoms with van der Waals surface area (Å²) in [6, 6.07) is 20.0. The number of aromatic nitrogens is 1. The van der Waals surface area contributed by atoms with E-state index >= 15 is 0 Å². The third kappa shape index (κ3) is 3.07. The van der Waals surface area contributed by atoms with Gasteiger partial charge in [-0.3, -0.25) is 14.9 Å². The van der Waals surface area contributed by atoms with Gasteiger partial charge in [-0.25, -0.2) is 12.4 Å². The van der Waals surface area contributed by atoms with Gasteiger partial charge in [-0.1, -0.05) is 36.4 Å². The number of nitro benzene ring substituents is 1. The van der Waals surface area contributed by atoms with Gasteiger partial charge >= 0.3 is 0 Å². The monoisotopic (exact) mass is 420 g/mol. The topological polar surface area (TPSA) is 99.3 Å². The highest BCUT2D eigenvalue weighted by molar-refractivity contribution is 7.90. The Morgan fingerprint density at radius 3 is 2.13 bits per heavy atom. The highest BCUT2D eigenvalue weighted by Crippen LogP contribution is 2.31. The molecule has 8 heteroatoms. The van der Waals surface area contributed by atoms with E-state index in [1.165, 1.54) is 40.4 Å². The lowest BCUT2D eigenvalue weighted by Crippen LogP contribution is -2.15. The molecule has 1 aromatic heterocycles. The van der Waals surface area contributed by atoms with E-state index in [4.69, 9.17) is 0 Å². The molecule has 0 saturated heterocycles. The Kier molecular flexibility index (Phi) is 4.71. The average molecular weight is 420 g/mol. The van der Waals surface area contributed by atoms with Gasteiger partial charge in [-0.2, -0.15) is 0 Å². The zero-order valence-corrected chi connectivity index (χ0v) is 16.7. The van der Waals surface area contributed by atoms with Crippen LogP contribution in [-0.2, 0) is 10.0 Å². The van der Waals surface area contributed by atoms with Crippen molar-refractivity contribution >= 4 is 32.4 Å². The number of ketones is 1. The predicted octanol–water partition coefficient (Wildman–Crippen LogP) is 4.33. The van der Waals surface area contributed by atoms with Gasteiger partial charge in [0.05, 0.1) is 20.9 Å². The summed E-state index contributed by atoms with van der Waals surface area (Å²) in [6.45, 7) is 1.58. The number of hydrogen-bond donors (Lipinski definition) is 0. The van der Waals surface area contributed by atoms with Crippen molar-refractivity contribution in [3.63, 3.8) is 0 Å². The molecule has 150 valence electrons. The lowest BCUT2D eigenvalue weighted by molar-refractivity contribution is -0.384. The van der Waals surface area contributed by atoms with Gasteiger partial charge < -0.3 is 0 Å². The van der Waals surface area contributed by atoms with Gasteiger partial charge in [0.15, 0.2) is 5.78 Å². The van der Waals surface area contributed by atoms with Gasteiger partial charge in [0, 0.05) is 28.8 Å². The van der Waals surface area contributed by atoms with Gasteiger partial charge in [0.1, 0.15) is 0 Å². The largest absolute Gasteiger partial charge is 0.289 e. The molecule has 30 heavy (non-hydrogen) atoms. The molecule has 0 saturated carbocycles. The molecule has 4 aromatic rings. The molecule has 0 radical (unpaired) electrons. The molecular weight excluding hydrogens is 404 g/mol. The molecule has 0 atom stereocenters. The Hall–Kier alpha value is -3.78. The second-order valence-electron chi connectivity index (χ2n) is 6.69. The molecule has 0 aliphatic heterocycles. The van der Waals surface area contributed by atoms with E-state index < -0.39 is 20.7 Å². The summed E-state index contributed by atoms with van der Waals surface area (Å²) in [5.41, 5.74) is 1.03. The number of carbonyl (C=O) groups is 1. The van der Waals surface area contributed by atoms with E-state index in [1.54, 1.807) is 49.4 Å². The molecule has 0 N–H and O–H groups in total. The third-order valence-corrected chi connectivity index (χ3v) is 6.73. The highest BCUT2D eigenvalue weighted by Gasteiger charge is 2.28. The fourth-order valence-corrected chi connectivity index (χ4v) is 5.09. The van der Waals surface area contributed by atoms with Crippen LogP contribution in [0.3, 0.4) is 0 Å². The number of nitro groups is 1. The van der Waals surface area contributed by atoms with Crippen molar-refractivity contribution < 1.29 is 18.1 Å². The summed E-state index contributed by atoms with van der Waals surface area (Å²) in [7, 11) is -3.93. The van der Waals surface area contributed by atoms with Crippen LogP contribution >= 0.6 is 0 Å². The first-order valence-corrected chi connectivity index (χ1v) is 10.5. The molecule has 0 unspecified atom stereocenters. The van der Waals surface area contributed by atoms with Gasteiger partial charge in [0.2, 0.25) is 0 Å². The molecule has 3 aromatic carbocycles. The van der Waals surface area contributed by atoms with Crippen LogP contribution in [-0.4, -0.2) is 23.1 Å². The van der Waals surface area contributed by atoms with E-state index in [0.29, 0.717) is 10.9 Å². The minimum atomic E-state index is -3.93. The molecule has 0 aliphatic carbocycles. The zero-order valence-electron chi connectivity index (χ0n) is 15.8. The third-order valence-electron chi connectivity index (χ3n) is 4.91. The molecule has 7 nitrogen and oxygen atoms in total. The summed E-state index contributed by atoms with van der Waals surface area (Å²) in [5, 5.41) is 11.4. The van der Waals surface area contributed by atoms with E-state index in [-0.39, 0.29) is 27.4 Å². The Morgan fingerprint density at radius 2 is 1.50 bits per heavy atom. The number of benzene rings is 3. The second kappa shape index (κ2) is 7.23. The Bertz CT molecular complexity index is 1390. The smallest absolute Gasteiger partial charge is 0.269 e. The van der Waals surface area contributed by atoms with E-state index in [1.807, 2.05) is 0 Å². The van der Waals surface area contributed by atoms with E-state index in [9.17, 15) is 23.3 Å². The zero-order chi connectivity index (χ0) is 21.5. The standard InChI is InChI=1S/C22H16N2O5S/c1-15-21(22(25)16-11-13-17(14-12-16)24(26)27)19-9-5-6-10-20(19)23(15)30(28,29)18-7-3-2-4-8-18/h2-14H,1H3. The average Bonchev–Trinajstić information content (AvgIpc) is 3.06. The maximum Gasteiger partial charge on any atom is 0.269 e. The normalized spacial score (nSPS) is 11.5. The number of non-ortho nitro benzene ring substituents is 1. The van der Waals surface area contributed by atoms with Crippen LogP contribution in [0.1, 0.15) is 21.6 Å². The van der Waals surface area contributed by atoms with Crippen LogP contribution in [0.25, 0.3) is 10.9 Å². The number of nitrogens with zero attached hydrogens (tertiary/aromatic N) is 2. The lowest BCUT2D eigenvalue weighted by Gasteiger charge is -2.10. The van der Waals surface area contributed by atoms with Crippen LogP contribution in [0, 0.1) is 17.0 Å². The molecule has 4 rings (SSSR count). The first kappa shape index (κ1) is 19.5. The van der Waals surface area contributed by atoms with Crippen molar-refractivity contribution in [2.24, 2.45) is 0 Å². The molecule has 0 amide bonds. The van der Waals surface area contributed by atoms with Gasteiger partial charge in [-0.15, -0.1) is 0 Å². The van der Waals surface area contributed by atoms with Crippen LogP contribution in [0.5, 0.6) is 0 Å². The van der Waals surface area contributed by atoms with E-state index in [2.05, 4.69) is 0 Å². The summed E-state index contributed by atoms with van der Waals surface area (Å²) < 4.78 is 27.9. The fraction of sp³-hybridized carbons (Fsp3) is 0.0455. The summed E-state index contributed by atoms with van der Waals surface area (Å²) in [5.74, 6) is -0.402. The lowest BCUT2D eigenvalue weighted by atomic mass is 10.0. The van der Waals surface area contributed by atoms with Crippen LogP contribution < -0.4 is 0 Å². The Morgan fingerprint density at radius 1 is 0.900 bits per heavy atom. The van der Waals surface area contributed by atoms with E-state index in [0.717, 1.165) is 0 Å². The Balaban J connectivity index is 1.94. The molecule has 0 bridgehead atoms. The first-order valence-electron chi connectivity index (χ1n) is 9.02. The molecule has 0 aliphatic rings. The van der Waals surface area contributed by atoms with Crippen molar-refractivity contribution in [2.75, 3.05) is 0 Å². The SMILES string of the molecule is Cc1c(C(=O)c2ccc([N+](=O)[O-])cc2)c2ccccc2n1S(=O)(=O)c1ccccc1. The minimum Gasteiger partial charge on any atom is -0.289 e. The summed E-state index contributed by atoms with van der Waals surface area (Å²) >= 11 is 0. The number of hydrogen-bond acceptors (Lipinski definition) is 5. The number of fused-ring (bicyclic) bond motifs is 1. The van der Waals surface area contributed by atoms with Gasteiger partial charge in [-0.05, 0) is 37.3 Å². The van der Waals surface area contributed by atoms with Crippen molar-refractivity contribution in [3.05, 3.63) is 106 Å². The number of para-hydroxylation sites is 1. The minimum absolute atomic E-state index is 0.114. The number of rotatable bonds is 5. The summed E-state index contributed by atoms with van der Waals surface area (Å²) in [6.07, 6.45) is 0. The van der Waals surface area contributed by atoms with Crippen LogP contribution in [0.15, 0.2) is 83.8 Å². The quantitative estimate of drug-likeness (QED) is 0.272. The summed E-state index contributed by atoms with van der Waals surface area (Å²) in [4.78, 5) is 23.7. The van der Waals surface area contributed by atoms with Crippen molar-refractivity contribution in [2.45, 2.75) is 11.8 Å².